The van der Waals surface area contributed by atoms with Gasteiger partial charge >= 0.3 is 0 Å². The average molecular weight is 369 g/mol. The summed E-state index contributed by atoms with van der Waals surface area (Å²) < 4.78 is 0.852. The highest BCUT2D eigenvalue weighted by Gasteiger charge is 2.17. The largest absolute Gasteiger partial charge is 0.493 e. The van der Waals surface area contributed by atoms with Crippen LogP contribution in [0.25, 0.3) is 16.6 Å². The van der Waals surface area contributed by atoms with Gasteiger partial charge in [0, 0.05) is 15.1 Å². The molecule has 6 nitrogen and oxygen atoms in total. The first kappa shape index (κ1) is 13.8. The van der Waals surface area contributed by atoms with Gasteiger partial charge in [-0.25, -0.2) is 4.99 Å². The molecule has 1 aliphatic heterocycles. The third kappa shape index (κ3) is 2.25. The number of halogens is 1. The number of hydrogen-bond donors (Lipinski definition) is 2. The second-order valence-electron chi connectivity index (χ2n) is 4.99. The Balaban J connectivity index is 1.88. The molecule has 0 radical (unpaired) electrons. The number of para-hydroxylation sites is 1. The lowest BCUT2D eigenvalue weighted by atomic mass is 10.2. The molecule has 0 aliphatic carbocycles. The Kier molecular flexibility index (Phi) is 3.09. The first-order valence-electron chi connectivity index (χ1n) is 6.78. The van der Waals surface area contributed by atoms with Gasteiger partial charge in [0.2, 0.25) is 5.88 Å². The smallest absolute Gasteiger partial charge is 0.298 e. The molecule has 0 bridgehead atoms. The zero-order valence-corrected chi connectivity index (χ0v) is 13.2. The highest BCUT2D eigenvalue weighted by atomic mass is 79.9. The van der Waals surface area contributed by atoms with Crippen LogP contribution in [0.15, 0.2) is 62.2 Å². The summed E-state index contributed by atoms with van der Waals surface area (Å²) in [6.07, 6.45) is 0. The molecule has 1 aliphatic rings. The van der Waals surface area contributed by atoms with Crippen LogP contribution in [0.1, 0.15) is 0 Å². The predicted octanol–water partition coefficient (Wildman–Crippen LogP) is 2.69. The molecular weight excluding hydrogens is 360 g/mol. The summed E-state index contributed by atoms with van der Waals surface area (Å²) in [4.78, 5) is 18.7. The third-order valence-corrected chi connectivity index (χ3v) is 4.04. The number of benzene rings is 2. The van der Waals surface area contributed by atoms with Crippen molar-refractivity contribution in [1.82, 2.24) is 4.98 Å². The molecular formula is C16H9BrN4O2. The molecule has 2 N–H and O–H groups in total. The fraction of sp³-hybridized carbons (Fsp3) is 0. The lowest BCUT2D eigenvalue weighted by molar-refractivity contribution is -0.112. The molecule has 0 saturated carbocycles. The third-order valence-electron chi connectivity index (χ3n) is 3.55. The summed E-state index contributed by atoms with van der Waals surface area (Å²) in [7, 11) is 0. The van der Waals surface area contributed by atoms with Crippen molar-refractivity contribution in [2.75, 3.05) is 0 Å². The average Bonchev–Trinajstić information content (AvgIpc) is 3.01. The predicted molar refractivity (Wildman–Crippen MR) is 87.8 cm³/mol. The topological polar surface area (TPSA) is 90.2 Å². The number of fused-ring (bicyclic) bond motifs is 2. The first-order valence-corrected chi connectivity index (χ1v) is 7.57. The zero-order chi connectivity index (χ0) is 16.0. The maximum atomic E-state index is 12.0. The van der Waals surface area contributed by atoms with Gasteiger partial charge in [0.05, 0.1) is 10.9 Å². The maximum Gasteiger partial charge on any atom is 0.298 e. The van der Waals surface area contributed by atoms with Crippen LogP contribution in [-0.4, -0.2) is 16.0 Å². The minimum Gasteiger partial charge on any atom is -0.493 e. The maximum absolute atomic E-state index is 12.0. The second kappa shape index (κ2) is 5.13. The molecule has 0 unspecified atom stereocenters. The molecule has 1 amide bonds. The van der Waals surface area contributed by atoms with E-state index in [0.717, 1.165) is 9.99 Å². The van der Waals surface area contributed by atoms with Crippen molar-refractivity contribution in [2.24, 2.45) is 15.2 Å². The lowest BCUT2D eigenvalue weighted by Crippen LogP contribution is -2.21. The van der Waals surface area contributed by atoms with Crippen LogP contribution in [0, 0.1) is 0 Å². The number of amides is 1. The van der Waals surface area contributed by atoms with Crippen LogP contribution in [0.3, 0.4) is 0 Å². The summed E-state index contributed by atoms with van der Waals surface area (Å²) >= 11 is 3.38. The van der Waals surface area contributed by atoms with Crippen molar-refractivity contribution in [2.45, 2.75) is 0 Å². The summed E-state index contributed by atoms with van der Waals surface area (Å²) in [5, 5.41) is 20.0. The Bertz CT molecular complexity index is 1110. The molecule has 112 valence electrons. The number of aromatic amines is 1. The number of hydrogen-bond acceptors (Lipinski definition) is 4. The number of nitrogens with zero attached hydrogens (tertiary/aromatic N) is 3. The van der Waals surface area contributed by atoms with Gasteiger partial charge in [0.1, 0.15) is 0 Å². The van der Waals surface area contributed by atoms with E-state index in [4.69, 9.17) is 0 Å². The van der Waals surface area contributed by atoms with Crippen LogP contribution >= 0.6 is 15.9 Å². The van der Waals surface area contributed by atoms with Crippen LogP contribution in [0.4, 0.5) is 5.69 Å². The van der Waals surface area contributed by atoms with Crippen molar-refractivity contribution in [3.05, 3.63) is 57.5 Å². The molecule has 0 atom stereocenters. The summed E-state index contributed by atoms with van der Waals surface area (Å²) in [6, 6.07) is 12.6. The highest BCUT2D eigenvalue weighted by molar-refractivity contribution is 9.10. The van der Waals surface area contributed by atoms with E-state index in [9.17, 15) is 9.90 Å². The fourth-order valence-electron chi connectivity index (χ4n) is 2.48. The quantitative estimate of drug-likeness (QED) is 0.680. The SMILES string of the molecule is O=C1N=c2ccccc2=C1N=Nc1c(O)[nH]c2ccc(Br)cc12. The minimum atomic E-state index is -0.435. The number of aromatic hydroxyl groups is 1. The van der Waals surface area contributed by atoms with Crippen LogP contribution < -0.4 is 10.6 Å². The summed E-state index contributed by atoms with van der Waals surface area (Å²) in [6.45, 7) is 0. The first-order chi connectivity index (χ1) is 11.1. The van der Waals surface area contributed by atoms with Crippen LogP contribution in [0.2, 0.25) is 0 Å². The minimum absolute atomic E-state index is 0.0990. The van der Waals surface area contributed by atoms with E-state index in [1.165, 1.54) is 0 Å². The number of azo groups is 1. The van der Waals surface area contributed by atoms with Crippen LogP contribution in [0.5, 0.6) is 5.88 Å². The van der Waals surface area contributed by atoms with E-state index in [1.807, 2.05) is 24.3 Å². The van der Waals surface area contributed by atoms with Gasteiger partial charge in [0.25, 0.3) is 5.91 Å². The highest BCUT2D eigenvalue weighted by Crippen LogP contribution is 2.37. The lowest BCUT2D eigenvalue weighted by Gasteiger charge is -1.93. The Morgan fingerprint density at radius 1 is 1.13 bits per heavy atom. The number of aromatic nitrogens is 1. The van der Waals surface area contributed by atoms with Crippen molar-refractivity contribution in [1.29, 1.82) is 0 Å². The van der Waals surface area contributed by atoms with Gasteiger partial charge in [-0.3, -0.25) is 4.79 Å². The van der Waals surface area contributed by atoms with Gasteiger partial charge in [0.15, 0.2) is 11.4 Å². The Hall–Kier alpha value is -2.80. The van der Waals surface area contributed by atoms with E-state index >= 15 is 0 Å². The Morgan fingerprint density at radius 2 is 1.96 bits per heavy atom. The summed E-state index contributed by atoms with van der Waals surface area (Å²) in [5.41, 5.74) is 1.18. The van der Waals surface area contributed by atoms with E-state index in [-0.39, 0.29) is 17.3 Å². The monoisotopic (exact) mass is 368 g/mol. The number of nitrogens with one attached hydrogen (secondary N) is 1. The molecule has 2 aromatic carbocycles. The van der Waals surface area contributed by atoms with E-state index in [0.29, 0.717) is 16.0 Å². The van der Waals surface area contributed by atoms with Gasteiger partial charge < -0.3 is 10.1 Å². The zero-order valence-electron chi connectivity index (χ0n) is 11.6. The van der Waals surface area contributed by atoms with E-state index in [1.54, 1.807) is 18.2 Å². The standard InChI is InChI=1S/C16H9BrN4O2/c17-8-5-6-12-10(7-8)14(16(23)19-12)21-20-13-9-3-1-2-4-11(9)18-15(13)22/h1-7,19,23H. The molecule has 4 rings (SSSR count). The molecule has 1 aromatic heterocycles. The van der Waals surface area contributed by atoms with Crippen molar-refractivity contribution in [3.63, 3.8) is 0 Å². The normalized spacial score (nSPS) is 13.8. The molecule has 0 spiro atoms. The van der Waals surface area contributed by atoms with Crippen LogP contribution in [-0.2, 0) is 4.79 Å². The Labute approximate surface area is 138 Å². The molecule has 2 heterocycles. The van der Waals surface area contributed by atoms with E-state index < -0.39 is 5.91 Å². The molecule has 0 saturated heterocycles. The van der Waals surface area contributed by atoms with Crippen molar-refractivity contribution >= 4 is 44.1 Å². The molecule has 7 heteroatoms. The molecule has 23 heavy (non-hydrogen) atoms. The Morgan fingerprint density at radius 3 is 2.83 bits per heavy atom. The van der Waals surface area contributed by atoms with Gasteiger partial charge in [-0.15, -0.1) is 10.2 Å². The number of carbonyl (C=O) groups is 1. The number of rotatable bonds is 2. The van der Waals surface area contributed by atoms with Gasteiger partial charge in [-0.05, 0) is 24.3 Å². The number of H-pyrrole nitrogens is 1. The van der Waals surface area contributed by atoms with Crippen molar-refractivity contribution in [3.8, 4) is 5.88 Å². The number of carbonyl (C=O) groups excluding carboxylic acids is 1. The van der Waals surface area contributed by atoms with E-state index in [2.05, 4.69) is 36.1 Å². The fourth-order valence-corrected chi connectivity index (χ4v) is 2.84. The van der Waals surface area contributed by atoms with Gasteiger partial charge in [-0.1, -0.05) is 34.1 Å². The second-order valence-corrected chi connectivity index (χ2v) is 5.91. The van der Waals surface area contributed by atoms with Gasteiger partial charge in [-0.2, -0.15) is 0 Å². The molecule has 3 aromatic rings. The van der Waals surface area contributed by atoms with Crippen molar-refractivity contribution < 1.29 is 9.90 Å². The summed E-state index contributed by atoms with van der Waals surface area (Å²) in [5.74, 6) is -0.534. The molecule has 0 fully saturated rings.